The number of thioether (sulfide) groups is 1. The van der Waals surface area contributed by atoms with Crippen molar-refractivity contribution in [3.8, 4) is 0 Å². The summed E-state index contributed by atoms with van der Waals surface area (Å²) in [6, 6.07) is 5.49. The highest BCUT2D eigenvalue weighted by atomic mass is 32.2. The van der Waals surface area contributed by atoms with E-state index in [1.54, 1.807) is 12.1 Å². The Balaban J connectivity index is 2.08. The molecule has 2 aromatic rings. The molecule has 1 atom stereocenters. The number of H-pyrrole nitrogens is 1. The molecular weight excluding hydrogens is 260 g/mol. The van der Waals surface area contributed by atoms with Gasteiger partial charge in [0.05, 0.1) is 16.3 Å². The number of fused-ring (bicyclic) bond motifs is 1. The van der Waals surface area contributed by atoms with Gasteiger partial charge >= 0.3 is 0 Å². The number of benzene rings is 1. The molecule has 1 heterocycles. The molecule has 0 spiro atoms. The van der Waals surface area contributed by atoms with Gasteiger partial charge in [-0.1, -0.05) is 17.8 Å². The van der Waals surface area contributed by atoms with Crippen LogP contribution in [0, 0.1) is 0 Å². The van der Waals surface area contributed by atoms with Gasteiger partial charge in [-0.15, -0.1) is 6.58 Å². The van der Waals surface area contributed by atoms with Gasteiger partial charge in [-0.25, -0.2) is 4.98 Å². The predicted octanol–water partition coefficient (Wildman–Crippen LogP) is 1.93. The van der Waals surface area contributed by atoms with Gasteiger partial charge in [-0.05, 0) is 25.1 Å². The van der Waals surface area contributed by atoms with Crippen molar-refractivity contribution in [3.63, 3.8) is 0 Å². The van der Waals surface area contributed by atoms with E-state index in [1.165, 1.54) is 11.8 Å². The first kappa shape index (κ1) is 13.5. The average molecular weight is 276 g/mol. The standard InChI is InChI=1S/C13H16N4OS/c1-3-6-15-12(18)8(2)19-13-16-10-5-4-9(14)7-11(10)17-13/h3-5,7-8H,1,6,14H2,2H3,(H,15,18)(H,16,17). The van der Waals surface area contributed by atoms with E-state index in [0.29, 0.717) is 17.4 Å². The fraction of sp³-hybridized carbons (Fsp3) is 0.231. The number of hydrogen-bond acceptors (Lipinski definition) is 4. The van der Waals surface area contributed by atoms with E-state index < -0.39 is 0 Å². The minimum atomic E-state index is -0.224. The topological polar surface area (TPSA) is 83.8 Å². The first-order valence-corrected chi connectivity index (χ1v) is 6.78. The van der Waals surface area contributed by atoms with Crippen LogP contribution in [0.3, 0.4) is 0 Å². The summed E-state index contributed by atoms with van der Waals surface area (Å²) in [5.74, 6) is -0.0372. The highest BCUT2D eigenvalue weighted by Crippen LogP contribution is 2.24. The lowest BCUT2D eigenvalue weighted by molar-refractivity contribution is -0.120. The van der Waals surface area contributed by atoms with Crippen molar-refractivity contribution in [2.75, 3.05) is 12.3 Å². The minimum absolute atomic E-state index is 0.0372. The molecule has 0 saturated carbocycles. The Morgan fingerprint density at radius 3 is 3.21 bits per heavy atom. The van der Waals surface area contributed by atoms with Crippen molar-refractivity contribution >= 4 is 34.4 Å². The Bertz CT molecular complexity index is 608. The number of carbonyl (C=O) groups excluding carboxylic acids is 1. The van der Waals surface area contributed by atoms with Gasteiger partial charge in [0.15, 0.2) is 5.16 Å². The smallest absolute Gasteiger partial charge is 0.233 e. The lowest BCUT2D eigenvalue weighted by Crippen LogP contribution is -2.30. The largest absolute Gasteiger partial charge is 0.399 e. The second-order valence-corrected chi connectivity index (χ2v) is 5.44. The Morgan fingerprint density at radius 1 is 1.68 bits per heavy atom. The Morgan fingerprint density at radius 2 is 2.47 bits per heavy atom. The van der Waals surface area contributed by atoms with E-state index in [2.05, 4.69) is 21.9 Å². The molecule has 5 nitrogen and oxygen atoms in total. The van der Waals surface area contributed by atoms with Gasteiger partial charge in [0.2, 0.25) is 5.91 Å². The van der Waals surface area contributed by atoms with Crippen LogP contribution in [0.5, 0.6) is 0 Å². The minimum Gasteiger partial charge on any atom is -0.399 e. The molecule has 2 rings (SSSR count). The molecule has 0 aliphatic heterocycles. The molecule has 100 valence electrons. The van der Waals surface area contributed by atoms with Gasteiger partial charge in [0, 0.05) is 12.2 Å². The number of anilines is 1. The van der Waals surface area contributed by atoms with Crippen LogP contribution in [0.1, 0.15) is 6.92 Å². The molecule has 1 aromatic carbocycles. The zero-order valence-electron chi connectivity index (χ0n) is 10.6. The molecule has 19 heavy (non-hydrogen) atoms. The summed E-state index contributed by atoms with van der Waals surface area (Å²) >= 11 is 1.38. The molecule has 4 N–H and O–H groups in total. The van der Waals surface area contributed by atoms with E-state index in [-0.39, 0.29) is 11.2 Å². The summed E-state index contributed by atoms with van der Waals surface area (Å²) < 4.78 is 0. The molecule has 0 bridgehead atoms. The summed E-state index contributed by atoms with van der Waals surface area (Å²) in [5, 5.41) is 3.24. The van der Waals surface area contributed by atoms with Crippen molar-refractivity contribution in [1.29, 1.82) is 0 Å². The van der Waals surface area contributed by atoms with Crippen molar-refractivity contribution in [2.24, 2.45) is 0 Å². The molecule has 0 saturated heterocycles. The van der Waals surface area contributed by atoms with Crippen LogP contribution in [0.4, 0.5) is 5.69 Å². The van der Waals surface area contributed by atoms with Gasteiger partial charge in [-0.3, -0.25) is 4.79 Å². The second-order valence-electron chi connectivity index (χ2n) is 4.11. The van der Waals surface area contributed by atoms with Crippen molar-refractivity contribution in [2.45, 2.75) is 17.3 Å². The maximum Gasteiger partial charge on any atom is 0.233 e. The Kier molecular flexibility index (Phi) is 4.11. The molecule has 1 unspecified atom stereocenters. The number of rotatable bonds is 5. The Hall–Kier alpha value is -1.95. The number of nitrogens with two attached hydrogens (primary N) is 1. The number of aromatic nitrogens is 2. The molecule has 1 aromatic heterocycles. The van der Waals surface area contributed by atoms with Gasteiger partial charge < -0.3 is 16.0 Å². The van der Waals surface area contributed by atoms with Crippen molar-refractivity contribution in [3.05, 3.63) is 30.9 Å². The first-order chi connectivity index (χ1) is 9.10. The summed E-state index contributed by atoms with van der Waals surface area (Å²) in [5.41, 5.74) is 8.11. The molecule has 1 amide bonds. The van der Waals surface area contributed by atoms with Gasteiger partial charge in [0.25, 0.3) is 0 Å². The van der Waals surface area contributed by atoms with Crippen molar-refractivity contribution < 1.29 is 4.79 Å². The number of nitrogens with zero attached hydrogens (tertiary/aromatic N) is 1. The quantitative estimate of drug-likeness (QED) is 0.442. The van der Waals surface area contributed by atoms with E-state index in [1.807, 2.05) is 19.1 Å². The molecule has 0 fully saturated rings. The number of hydrogen-bond donors (Lipinski definition) is 3. The zero-order chi connectivity index (χ0) is 13.8. The van der Waals surface area contributed by atoms with Crippen LogP contribution in [0.2, 0.25) is 0 Å². The second kappa shape index (κ2) is 5.79. The lowest BCUT2D eigenvalue weighted by atomic mass is 10.3. The predicted molar refractivity (Wildman–Crippen MR) is 79.0 cm³/mol. The van der Waals surface area contributed by atoms with Crippen LogP contribution in [0.15, 0.2) is 36.0 Å². The van der Waals surface area contributed by atoms with Crippen LogP contribution in [-0.2, 0) is 4.79 Å². The number of aromatic amines is 1. The number of nitrogen functional groups attached to an aromatic ring is 1. The van der Waals surface area contributed by atoms with Crippen LogP contribution in [0.25, 0.3) is 11.0 Å². The number of carbonyl (C=O) groups is 1. The first-order valence-electron chi connectivity index (χ1n) is 5.90. The van der Waals surface area contributed by atoms with Crippen LogP contribution >= 0.6 is 11.8 Å². The van der Waals surface area contributed by atoms with E-state index >= 15 is 0 Å². The number of amides is 1. The van der Waals surface area contributed by atoms with E-state index in [4.69, 9.17) is 5.73 Å². The highest BCUT2D eigenvalue weighted by Gasteiger charge is 2.15. The third-order valence-electron chi connectivity index (χ3n) is 2.56. The normalized spacial score (nSPS) is 12.3. The third-order valence-corrected chi connectivity index (χ3v) is 3.55. The summed E-state index contributed by atoms with van der Waals surface area (Å²) in [7, 11) is 0. The molecule has 0 aliphatic carbocycles. The SMILES string of the molecule is C=CCNC(=O)C(C)Sc1nc2ccc(N)cc2[nH]1. The lowest BCUT2D eigenvalue weighted by Gasteiger charge is -2.08. The fourth-order valence-corrected chi connectivity index (χ4v) is 2.44. The van der Waals surface area contributed by atoms with Crippen LogP contribution < -0.4 is 11.1 Å². The fourth-order valence-electron chi connectivity index (χ4n) is 1.60. The summed E-state index contributed by atoms with van der Waals surface area (Å²) in [4.78, 5) is 19.3. The molecule has 0 aliphatic rings. The zero-order valence-corrected chi connectivity index (χ0v) is 11.5. The van der Waals surface area contributed by atoms with Crippen molar-refractivity contribution in [1.82, 2.24) is 15.3 Å². The Labute approximate surface area is 115 Å². The van der Waals surface area contributed by atoms with Gasteiger partial charge in [-0.2, -0.15) is 0 Å². The monoisotopic (exact) mass is 276 g/mol. The van der Waals surface area contributed by atoms with Gasteiger partial charge in [0.1, 0.15) is 0 Å². The number of imidazole rings is 1. The maximum atomic E-state index is 11.7. The summed E-state index contributed by atoms with van der Waals surface area (Å²) in [6.07, 6.45) is 1.65. The van der Waals surface area contributed by atoms with E-state index in [0.717, 1.165) is 11.0 Å². The molecule has 6 heteroatoms. The highest BCUT2D eigenvalue weighted by molar-refractivity contribution is 8.00. The number of nitrogens with one attached hydrogen (secondary N) is 2. The van der Waals surface area contributed by atoms with Crippen LogP contribution in [-0.4, -0.2) is 27.7 Å². The van der Waals surface area contributed by atoms with E-state index in [9.17, 15) is 4.79 Å². The molecule has 0 radical (unpaired) electrons. The average Bonchev–Trinajstić information content (AvgIpc) is 2.77. The maximum absolute atomic E-state index is 11.7. The third kappa shape index (κ3) is 3.29. The molecular formula is C13H16N4OS. The summed E-state index contributed by atoms with van der Waals surface area (Å²) in [6.45, 7) is 5.87.